The van der Waals surface area contributed by atoms with Crippen LogP contribution < -0.4 is 0 Å². The summed E-state index contributed by atoms with van der Waals surface area (Å²) in [6, 6.07) is 0. The number of rotatable bonds is 2. The molecular weight excluding hydrogens is 384 g/mol. The number of aromatic nitrogens is 3. The lowest BCUT2D eigenvalue weighted by Gasteiger charge is -2.15. The Bertz CT molecular complexity index is 195. The fraction of sp³-hybridized carbons (Fsp3) is 0.667. The van der Waals surface area contributed by atoms with E-state index in [4.69, 9.17) is 0 Å². The largest absolute Gasteiger partial charge is 0.389 e. The fourth-order valence-corrected chi connectivity index (χ4v) is 0.711. The van der Waals surface area contributed by atoms with Crippen molar-refractivity contribution in [2.45, 2.75) is 26.0 Å². The van der Waals surface area contributed by atoms with Gasteiger partial charge in [0.2, 0.25) is 0 Å². The smallest absolute Gasteiger partial charge is 0.137 e. The van der Waals surface area contributed by atoms with E-state index < -0.39 is 5.60 Å². The van der Waals surface area contributed by atoms with E-state index in [9.17, 15) is 5.11 Å². The van der Waals surface area contributed by atoms with Crippen molar-refractivity contribution in [1.29, 1.82) is 0 Å². The highest BCUT2D eigenvalue weighted by molar-refractivity contribution is 15.0. The van der Waals surface area contributed by atoms with Crippen molar-refractivity contribution in [3.8, 4) is 0 Å². The maximum Gasteiger partial charge on any atom is 0.137 e. The SMILES string of the molecule is CC(C)(O)Cn1cncn1.II. The molecule has 0 aliphatic heterocycles. The van der Waals surface area contributed by atoms with Crippen LogP contribution in [0.3, 0.4) is 0 Å². The predicted octanol–water partition coefficient (Wildman–Crippen LogP) is 1.82. The van der Waals surface area contributed by atoms with Gasteiger partial charge in [0, 0.05) is 37.2 Å². The van der Waals surface area contributed by atoms with E-state index >= 15 is 0 Å². The summed E-state index contributed by atoms with van der Waals surface area (Å²) in [7, 11) is 0. The standard InChI is InChI=1S/C6H11N3O.I2/c1-6(2,10)3-9-5-7-4-8-9;1-2/h4-5,10H,3H2,1-2H3;. The van der Waals surface area contributed by atoms with Gasteiger partial charge in [0.1, 0.15) is 12.7 Å². The minimum absolute atomic E-state index is 0.479. The average Bonchev–Trinajstić information content (AvgIpc) is 2.41. The summed E-state index contributed by atoms with van der Waals surface area (Å²) < 4.78 is 1.60. The van der Waals surface area contributed by atoms with E-state index in [0.29, 0.717) is 6.54 Å². The molecular formula is C6H11I2N3O. The summed E-state index contributed by atoms with van der Waals surface area (Å²) in [5.74, 6) is 0. The number of halogens is 2. The van der Waals surface area contributed by atoms with Gasteiger partial charge < -0.3 is 5.11 Å². The second-order valence-electron chi connectivity index (χ2n) is 2.91. The molecule has 0 amide bonds. The van der Waals surface area contributed by atoms with Gasteiger partial charge in [-0.05, 0) is 13.8 Å². The van der Waals surface area contributed by atoms with Gasteiger partial charge in [0.15, 0.2) is 0 Å². The van der Waals surface area contributed by atoms with Crippen molar-refractivity contribution >= 4 is 37.2 Å². The van der Waals surface area contributed by atoms with Gasteiger partial charge in [-0.25, -0.2) is 4.98 Å². The van der Waals surface area contributed by atoms with Crippen LogP contribution in [-0.4, -0.2) is 25.5 Å². The Morgan fingerprint density at radius 3 is 2.42 bits per heavy atom. The third kappa shape index (κ3) is 6.12. The summed E-state index contributed by atoms with van der Waals surface area (Å²) >= 11 is 4.24. The Labute approximate surface area is 95.1 Å². The van der Waals surface area contributed by atoms with Gasteiger partial charge in [-0.3, -0.25) is 4.68 Å². The van der Waals surface area contributed by atoms with Crippen LogP contribution in [0.5, 0.6) is 0 Å². The van der Waals surface area contributed by atoms with Crippen LogP contribution in [0.1, 0.15) is 13.8 Å². The van der Waals surface area contributed by atoms with Crippen LogP contribution in [0.15, 0.2) is 12.7 Å². The van der Waals surface area contributed by atoms with Gasteiger partial charge in [-0.2, -0.15) is 5.10 Å². The minimum Gasteiger partial charge on any atom is -0.389 e. The highest BCUT2D eigenvalue weighted by Gasteiger charge is 2.12. The van der Waals surface area contributed by atoms with Crippen molar-refractivity contribution in [3.05, 3.63) is 12.7 Å². The quantitative estimate of drug-likeness (QED) is 0.778. The van der Waals surface area contributed by atoms with Gasteiger partial charge in [-0.15, -0.1) is 0 Å². The van der Waals surface area contributed by atoms with Crippen molar-refractivity contribution in [2.24, 2.45) is 0 Å². The molecule has 4 nitrogen and oxygen atoms in total. The van der Waals surface area contributed by atoms with Crippen LogP contribution in [0, 0.1) is 0 Å². The zero-order chi connectivity index (χ0) is 9.61. The third-order valence-corrected chi connectivity index (χ3v) is 1.02. The summed E-state index contributed by atoms with van der Waals surface area (Å²) in [6.07, 6.45) is 3.03. The van der Waals surface area contributed by atoms with Crippen LogP contribution in [0.4, 0.5) is 0 Å². The first-order chi connectivity index (χ1) is 5.58. The second-order valence-corrected chi connectivity index (χ2v) is 2.91. The van der Waals surface area contributed by atoms with E-state index in [-0.39, 0.29) is 0 Å². The van der Waals surface area contributed by atoms with Crippen LogP contribution in [-0.2, 0) is 6.54 Å². The molecule has 1 rings (SSSR count). The first kappa shape index (κ1) is 12.6. The normalized spacial score (nSPS) is 10.4. The molecule has 0 unspecified atom stereocenters. The monoisotopic (exact) mass is 395 g/mol. The van der Waals surface area contributed by atoms with Gasteiger partial charge >= 0.3 is 0 Å². The molecule has 12 heavy (non-hydrogen) atoms. The third-order valence-electron chi connectivity index (χ3n) is 1.02. The van der Waals surface area contributed by atoms with E-state index in [1.165, 1.54) is 6.33 Å². The Hall–Kier alpha value is 0.560. The van der Waals surface area contributed by atoms with Crippen molar-refractivity contribution in [2.75, 3.05) is 0 Å². The molecule has 1 aromatic heterocycles. The summed E-state index contributed by atoms with van der Waals surface area (Å²) in [4.78, 5) is 3.75. The molecule has 1 aromatic rings. The summed E-state index contributed by atoms with van der Waals surface area (Å²) in [5, 5.41) is 13.1. The van der Waals surface area contributed by atoms with Gasteiger partial charge in [0.05, 0.1) is 12.1 Å². The molecule has 0 fully saturated rings. The van der Waals surface area contributed by atoms with Crippen molar-refractivity contribution in [3.63, 3.8) is 0 Å². The highest BCUT2D eigenvalue weighted by Crippen LogP contribution is 2.02. The molecule has 0 aromatic carbocycles. The molecule has 0 atom stereocenters. The highest BCUT2D eigenvalue weighted by atomic mass is 128. The van der Waals surface area contributed by atoms with Crippen LogP contribution in [0.25, 0.3) is 0 Å². The van der Waals surface area contributed by atoms with E-state index in [0.717, 1.165) is 0 Å². The summed E-state index contributed by atoms with van der Waals surface area (Å²) in [5.41, 5.74) is -0.715. The average molecular weight is 395 g/mol. The van der Waals surface area contributed by atoms with Crippen LogP contribution >= 0.6 is 37.2 Å². The lowest BCUT2D eigenvalue weighted by molar-refractivity contribution is 0.0576. The summed E-state index contributed by atoms with van der Waals surface area (Å²) in [6.45, 7) is 3.94. The van der Waals surface area contributed by atoms with Gasteiger partial charge in [-0.1, -0.05) is 0 Å². The molecule has 1 heterocycles. The Morgan fingerprint density at radius 2 is 2.08 bits per heavy atom. The molecule has 70 valence electrons. The van der Waals surface area contributed by atoms with E-state index in [1.54, 1.807) is 24.9 Å². The molecule has 0 bridgehead atoms. The maximum atomic E-state index is 9.30. The molecule has 1 N–H and O–H groups in total. The zero-order valence-corrected chi connectivity index (χ0v) is 11.2. The fourth-order valence-electron chi connectivity index (χ4n) is 0.711. The first-order valence-corrected chi connectivity index (χ1v) is 9.55. The number of hydrogen-bond donors (Lipinski definition) is 1. The lowest BCUT2D eigenvalue weighted by Crippen LogP contribution is -2.26. The molecule has 0 saturated carbocycles. The van der Waals surface area contributed by atoms with Crippen LogP contribution in [0.2, 0.25) is 0 Å². The number of nitrogens with zero attached hydrogens (tertiary/aromatic N) is 3. The van der Waals surface area contributed by atoms with Crippen molar-refractivity contribution < 1.29 is 5.11 Å². The Kier molecular flexibility index (Phi) is 6.36. The number of hydrogen-bond acceptors (Lipinski definition) is 3. The van der Waals surface area contributed by atoms with Crippen molar-refractivity contribution in [1.82, 2.24) is 14.8 Å². The Balaban J connectivity index is 0.000000561. The zero-order valence-electron chi connectivity index (χ0n) is 6.91. The second kappa shape index (κ2) is 6.08. The molecule has 0 aliphatic rings. The molecule has 6 heteroatoms. The topological polar surface area (TPSA) is 50.9 Å². The molecule has 0 aliphatic carbocycles. The lowest BCUT2D eigenvalue weighted by atomic mass is 10.1. The maximum absolute atomic E-state index is 9.30. The number of aliphatic hydroxyl groups is 1. The predicted molar refractivity (Wildman–Crippen MR) is 64.4 cm³/mol. The Morgan fingerprint density at radius 1 is 1.50 bits per heavy atom. The van der Waals surface area contributed by atoms with E-state index in [1.807, 2.05) is 0 Å². The molecule has 0 radical (unpaired) electrons. The van der Waals surface area contributed by atoms with E-state index in [2.05, 4.69) is 47.3 Å². The molecule has 0 spiro atoms. The molecule has 0 saturated heterocycles. The first-order valence-electron chi connectivity index (χ1n) is 3.27. The van der Waals surface area contributed by atoms with Gasteiger partial charge in [0.25, 0.3) is 0 Å². The minimum atomic E-state index is -0.715.